The van der Waals surface area contributed by atoms with Gasteiger partial charge in [0.15, 0.2) is 0 Å². The second-order valence-corrected chi connectivity index (χ2v) is 11.2. The fourth-order valence-electron chi connectivity index (χ4n) is 6.50. The van der Waals surface area contributed by atoms with Gasteiger partial charge in [0.05, 0.1) is 0 Å². The molecule has 0 atom stereocenters. The first-order valence-corrected chi connectivity index (χ1v) is 15.1. The topological polar surface area (TPSA) is 12.9 Å². The fourth-order valence-corrected chi connectivity index (χ4v) is 6.50. The predicted molar refractivity (Wildman–Crippen MR) is 166 cm³/mol. The number of nitrogens with zero attached hydrogens (tertiary/aromatic N) is 3. The summed E-state index contributed by atoms with van der Waals surface area (Å²) in [7, 11) is 0. The van der Waals surface area contributed by atoms with Crippen LogP contribution in [0.5, 0.6) is 0 Å². The summed E-state index contributed by atoms with van der Waals surface area (Å²) in [5, 5.41) is 5.46. The van der Waals surface area contributed by atoms with Crippen LogP contribution < -0.4 is 15.2 Å². The highest BCUT2D eigenvalue weighted by Crippen LogP contribution is 2.35. The molecule has 0 aliphatic carbocycles. The number of unbranched alkanes of at least 4 members (excludes halogenated alkanes) is 2. The van der Waals surface area contributed by atoms with E-state index >= 15 is 0 Å². The summed E-state index contributed by atoms with van der Waals surface area (Å²) in [6, 6.07) is 25.3. The first-order valence-electron chi connectivity index (χ1n) is 15.1. The molecule has 5 aromatic rings. The van der Waals surface area contributed by atoms with E-state index in [-0.39, 0.29) is 0 Å². The van der Waals surface area contributed by atoms with Crippen molar-refractivity contribution in [3.05, 3.63) is 106 Å². The zero-order valence-electron chi connectivity index (χ0n) is 23.9. The molecule has 2 aromatic heterocycles. The minimum absolute atomic E-state index is 1.05. The summed E-state index contributed by atoms with van der Waals surface area (Å²) >= 11 is 0. The lowest BCUT2D eigenvalue weighted by atomic mass is 9.94. The Morgan fingerprint density at radius 2 is 1.31 bits per heavy atom. The van der Waals surface area contributed by atoms with Gasteiger partial charge in [0.2, 0.25) is 5.36 Å². The Labute approximate surface area is 232 Å². The number of hydrogen-bond donors (Lipinski definition) is 0. The van der Waals surface area contributed by atoms with Gasteiger partial charge in [-0.3, -0.25) is 0 Å². The smallest absolute Gasteiger partial charge is 0.203 e. The molecule has 3 aromatic carbocycles. The van der Waals surface area contributed by atoms with E-state index in [0.29, 0.717) is 0 Å². The summed E-state index contributed by atoms with van der Waals surface area (Å²) in [5.41, 5.74) is 8.23. The number of benzene rings is 3. The maximum Gasteiger partial charge on any atom is 0.203 e. The summed E-state index contributed by atoms with van der Waals surface area (Å²) in [4.78, 5) is 0. The quantitative estimate of drug-likeness (QED) is 0.179. The zero-order valence-corrected chi connectivity index (χ0v) is 23.9. The molecule has 3 heteroatoms. The molecular formula is C36H42N3+. The van der Waals surface area contributed by atoms with Gasteiger partial charge in [-0.1, -0.05) is 70.0 Å². The molecule has 1 aliphatic heterocycles. The summed E-state index contributed by atoms with van der Waals surface area (Å²) in [5.74, 6) is 0. The van der Waals surface area contributed by atoms with E-state index in [1.54, 1.807) is 0 Å². The van der Waals surface area contributed by atoms with Gasteiger partial charge in [0.25, 0.3) is 0 Å². The maximum absolute atomic E-state index is 2.56. The molecule has 3 nitrogen and oxygen atoms in total. The van der Waals surface area contributed by atoms with Crippen LogP contribution in [0.4, 0.5) is 0 Å². The Morgan fingerprint density at radius 1 is 0.718 bits per heavy atom. The van der Waals surface area contributed by atoms with Gasteiger partial charge < -0.3 is 9.13 Å². The molecule has 6 rings (SSSR count). The molecule has 0 radical (unpaired) electrons. The molecule has 0 bridgehead atoms. The lowest BCUT2D eigenvalue weighted by Gasteiger charge is -2.08. The van der Waals surface area contributed by atoms with Gasteiger partial charge in [-0.15, -0.1) is 0 Å². The molecule has 0 amide bonds. The van der Waals surface area contributed by atoms with E-state index in [1.807, 2.05) is 0 Å². The van der Waals surface area contributed by atoms with Gasteiger partial charge in [-0.2, -0.15) is 0 Å². The molecule has 0 unspecified atom stereocenters. The normalized spacial score (nSPS) is 13.1. The molecule has 0 saturated heterocycles. The standard InChI is InChI=1S/C36H42N3/c1-4-7-21-38-25-31(29-13-9-11-15-34(29)38)36(28-17-18-33-27(24-28)19-23-37(33)20-6-3)32-26-39(22-8-5-2)35-16-12-10-14-30(32)35/h9-18,24-26H,4-8,19-23H2,1-3H3/q+1. The van der Waals surface area contributed by atoms with Crippen LogP contribution in [0.15, 0.2) is 79.1 Å². The highest BCUT2D eigenvalue weighted by Gasteiger charge is 2.22. The minimum Gasteiger partial charge on any atom is -0.347 e. The van der Waals surface area contributed by atoms with Gasteiger partial charge in [-0.05, 0) is 42.3 Å². The lowest BCUT2D eigenvalue weighted by Crippen LogP contribution is -2.27. The van der Waals surface area contributed by atoms with Crippen LogP contribution in [0, 0.1) is 0 Å². The first-order chi connectivity index (χ1) is 19.2. The molecule has 3 heterocycles. The van der Waals surface area contributed by atoms with E-state index in [9.17, 15) is 0 Å². The Morgan fingerprint density at radius 3 is 1.87 bits per heavy atom. The van der Waals surface area contributed by atoms with Crippen molar-refractivity contribution in [3.63, 3.8) is 0 Å². The van der Waals surface area contributed by atoms with Crippen molar-refractivity contribution in [2.24, 2.45) is 0 Å². The van der Waals surface area contributed by atoms with Gasteiger partial charge in [0, 0.05) is 88.5 Å². The van der Waals surface area contributed by atoms with Crippen molar-refractivity contribution in [3.8, 4) is 0 Å². The second-order valence-electron chi connectivity index (χ2n) is 11.2. The van der Waals surface area contributed by atoms with E-state index in [1.165, 1.54) is 86.7 Å². The zero-order chi connectivity index (χ0) is 26.8. The third-order valence-electron chi connectivity index (χ3n) is 8.47. The van der Waals surface area contributed by atoms with E-state index < -0.39 is 0 Å². The largest absolute Gasteiger partial charge is 0.347 e. The molecule has 0 fully saturated rings. The van der Waals surface area contributed by atoms with Crippen LogP contribution in [0.2, 0.25) is 0 Å². The van der Waals surface area contributed by atoms with Gasteiger partial charge in [0.1, 0.15) is 13.1 Å². The van der Waals surface area contributed by atoms with Crippen LogP contribution in [0.1, 0.15) is 69.6 Å². The van der Waals surface area contributed by atoms with E-state index in [4.69, 9.17) is 0 Å². The van der Waals surface area contributed by atoms with Crippen molar-refractivity contribution in [2.45, 2.75) is 72.4 Å². The van der Waals surface area contributed by atoms with Crippen molar-refractivity contribution in [2.75, 3.05) is 13.1 Å². The number of aromatic nitrogens is 2. The molecule has 39 heavy (non-hydrogen) atoms. The number of fused-ring (bicyclic) bond motifs is 3. The van der Waals surface area contributed by atoms with E-state index in [2.05, 4.69) is 114 Å². The van der Waals surface area contributed by atoms with Gasteiger partial charge in [-0.25, -0.2) is 4.58 Å². The Balaban J connectivity index is 1.67. The third kappa shape index (κ3) is 4.73. The molecule has 200 valence electrons. The van der Waals surface area contributed by atoms with Gasteiger partial charge >= 0.3 is 0 Å². The van der Waals surface area contributed by atoms with Crippen LogP contribution in [0.3, 0.4) is 0 Å². The summed E-state index contributed by atoms with van der Waals surface area (Å²) < 4.78 is 7.54. The number of para-hydroxylation sites is 2. The molecule has 0 saturated carbocycles. The van der Waals surface area contributed by atoms with Crippen molar-refractivity contribution < 1.29 is 0 Å². The molecule has 0 N–H and O–H groups in total. The van der Waals surface area contributed by atoms with Crippen molar-refractivity contribution >= 4 is 27.4 Å². The average Bonchev–Trinajstić information content (AvgIpc) is 3.66. The fraction of sp³-hybridized carbons (Fsp3) is 0.361. The van der Waals surface area contributed by atoms with Crippen molar-refractivity contribution in [1.29, 1.82) is 0 Å². The monoisotopic (exact) mass is 516 g/mol. The number of rotatable bonds is 10. The first kappa shape index (κ1) is 25.7. The highest BCUT2D eigenvalue weighted by molar-refractivity contribution is 6.03. The molecular weight excluding hydrogens is 474 g/mol. The average molecular weight is 517 g/mol. The predicted octanol–water partition coefficient (Wildman–Crippen LogP) is 6.90. The lowest BCUT2D eigenvalue weighted by molar-refractivity contribution is 0.598. The Hall–Kier alpha value is -3.59. The third-order valence-corrected chi connectivity index (χ3v) is 8.47. The Kier molecular flexibility index (Phi) is 7.41. The maximum atomic E-state index is 2.56. The van der Waals surface area contributed by atoms with Crippen molar-refractivity contribution in [1.82, 2.24) is 13.7 Å². The summed E-state index contributed by atoms with van der Waals surface area (Å²) in [6.45, 7) is 11.2. The second kappa shape index (κ2) is 11.3. The molecule has 0 spiro atoms. The number of hydrogen-bond acceptors (Lipinski definition) is 0. The van der Waals surface area contributed by atoms with Crippen LogP contribution in [0.25, 0.3) is 27.4 Å². The summed E-state index contributed by atoms with van der Waals surface area (Å²) in [6.07, 6.45) is 12.0. The highest BCUT2D eigenvalue weighted by atomic mass is 15.0. The van der Waals surface area contributed by atoms with Crippen LogP contribution in [-0.2, 0) is 19.5 Å². The van der Waals surface area contributed by atoms with Crippen LogP contribution >= 0.6 is 0 Å². The van der Waals surface area contributed by atoms with E-state index in [0.717, 1.165) is 32.6 Å². The Bertz CT molecular complexity index is 1660. The number of aryl methyl sites for hydroxylation is 2. The molecule has 1 aliphatic rings. The van der Waals surface area contributed by atoms with Crippen LogP contribution in [-0.4, -0.2) is 22.2 Å². The minimum atomic E-state index is 1.05. The SMILES string of the molecule is CCCCn1cc(C(c2cn(CCCC)c3ccccc23)=c2ccc3c(c2)CC[N+]=3CCC)c2ccccc21.